The molecule has 2 fully saturated rings. The number of carboxylic acids is 1. The highest BCUT2D eigenvalue weighted by Crippen LogP contribution is 2.39. The average Bonchev–Trinajstić information content (AvgIpc) is 2.74. The van der Waals surface area contributed by atoms with Crippen molar-refractivity contribution in [2.45, 2.75) is 57.0 Å². The lowest BCUT2D eigenvalue weighted by Crippen LogP contribution is -2.42. The molecular formula is C14H25NO3. The molecule has 0 aromatic carbocycles. The molecule has 3 unspecified atom stereocenters. The largest absolute Gasteiger partial charge is 0.480 e. The van der Waals surface area contributed by atoms with E-state index in [2.05, 4.69) is 4.90 Å². The van der Waals surface area contributed by atoms with Gasteiger partial charge in [0.1, 0.15) is 6.04 Å². The summed E-state index contributed by atoms with van der Waals surface area (Å²) in [7, 11) is 1.72. The van der Waals surface area contributed by atoms with Crippen molar-refractivity contribution in [1.29, 1.82) is 0 Å². The Balaban J connectivity index is 1.91. The second kappa shape index (κ2) is 6.53. The van der Waals surface area contributed by atoms with Crippen molar-refractivity contribution in [1.82, 2.24) is 4.90 Å². The summed E-state index contributed by atoms with van der Waals surface area (Å²) in [5.41, 5.74) is 0. The Hall–Kier alpha value is -0.610. The number of carbonyl (C=O) groups is 1. The van der Waals surface area contributed by atoms with Crippen LogP contribution in [0.25, 0.3) is 0 Å². The monoisotopic (exact) mass is 255 g/mol. The molecular weight excluding hydrogens is 230 g/mol. The molecule has 0 aromatic rings. The summed E-state index contributed by atoms with van der Waals surface area (Å²) in [6, 6.07) is 0.294. The molecule has 1 heterocycles. The first-order valence-corrected chi connectivity index (χ1v) is 7.21. The van der Waals surface area contributed by atoms with Crippen molar-refractivity contribution in [2.75, 3.05) is 20.3 Å². The van der Waals surface area contributed by atoms with Crippen LogP contribution < -0.4 is 0 Å². The lowest BCUT2D eigenvalue weighted by molar-refractivity contribution is -0.142. The zero-order valence-electron chi connectivity index (χ0n) is 11.3. The van der Waals surface area contributed by atoms with E-state index in [1.807, 2.05) is 0 Å². The van der Waals surface area contributed by atoms with Crippen LogP contribution in [-0.4, -0.2) is 48.3 Å². The van der Waals surface area contributed by atoms with Crippen molar-refractivity contribution in [2.24, 2.45) is 5.92 Å². The summed E-state index contributed by atoms with van der Waals surface area (Å²) in [4.78, 5) is 13.6. The van der Waals surface area contributed by atoms with Crippen molar-refractivity contribution >= 4 is 5.97 Å². The van der Waals surface area contributed by atoms with Crippen molar-refractivity contribution in [3.05, 3.63) is 0 Å². The molecule has 3 atom stereocenters. The highest BCUT2D eigenvalue weighted by Gasteiger charge is 2.44. The van der Waals surface area contributed by atoms with Crippen molar-refractivity contribution in [3.63, 3.8) is 0 Å². The lowest BCUT2D eigenvalue weighted by Gasteiger charge is -2.32. The van der Waals surface area contributed by atoms with Gasteiger partial charge in [0.15, 0.2) is 0 Å². The Bertz CT molecular complexity index is 282. The molecule has 104 valence electrons. The van der Waals surface area contributed by atoms with Crippen LogP contribution in [0.5, 0.6) is 0 Å². The molecule has 0 spiro atoms. The summed E-state index contributed by atoms with van der Waals surface area (Å²) in [6.07, 6.45) is 7.90. The maximum absolute atomic E-state index is 11.4. The topological polar surface area (TPSA) is 49.8 Å². The van der Waals surface area contributed by atoms with E-state index in [0.717, 1.165) is 32.4 Å². The van der Waals surface area contributed by atoms with Crippen LogP contribution in [0, 0.1) is 5.92 Å². The minimum atomic E-state index is -0.629. The number of nitrogens with zero attached hydrogens (tertiary/aromatic N) is 1. The van der Waals surface area contributed by atoms with Gasteiger partial charge in [0.25, 0.3) is 0 Å². The van der Waals surface area contributed by atoms with E-state index in [1.165, 1.54) is 25.7 Å². The zero-order chi connectivity index (χ0) is 13.0. The molecule has 1 N–H and O–H groups in total. The molecule has 1 aliphatic heterocycles. The van der Waals surface area contributed by atoms with Gasteiger partial charge in [0.05, 0.1) is 0 Å². The summed E-state index contributed by atoms with van der Waals surface area (Å²) >= 11 is 0. The van der Waals surface area contributed by atoms with E-state index in [4.69, 9.17) is 4.74 Å². The zero-order valence-corrected chi connectivity index (χ0v) is 11.3. The van der Waals surface area contributed by atoms with Crippen LogP contribution in [0.1, 0.15) is 44.9 Å². The van der Waals surface area contributed by atoms with Gasteiger partial charge in [-0.2, -0.15) is 0 Å². The van der Waals surface area contributed by atoms with Crippen LogP contribution >= 0.6 is 0 Å². The number of likely N-dealkylation sites (tertiary alicyclic amines) is 1. The maximum Gasteiger partial charge on any atom is 0.320 e. The van der Waals surface area contributed by atoms with Gasteiger partial charge < -0.3 is 9.84 Å². The second-order valence-corrected chi connectivity index (χ2v) is 5.64. The van der Waals surface area contributed by atoms with Gasteiger partial charge in [-0.15, -0.1) is 0 Å². The van der Waals surface area contributed by atoms with Gasteiger partial charge in [0, 0.05) is 19.8 Å². The number of fused-ring (bicyclic) bond motifs is 1. The second-order valence-electron chi connectivity index (χ2n) is 5.64. The number of ether oxygens (including phenoxy) is 1. The number of carboxylic acid groups (broad SMARTS) is 1. The predicted molar refractivity (Wildman–Crippen MR) is 69.6 cm³/mol. The van der Waals surface area contributed by atoms with Gasteiger partial charge in [-0.25, -0.2) is 0 Å². The number of rotatable bonds is 6. The van der Waals surface area contributed by atoms with Crippen molar-refractivity contribution in [3.8, 4) is 0 Å². The summed E-state index contributed by atoms with van der Waals surface area (Å²) in [6.45, 7) is 1.70. The van der Waals surface area contributed by atoms with Gasteiger partial charge in [-0.05, 0) is 44.6 Å². The third-order valence-electron chi connectivity index (χ3n) is 4.52. The van der Waals surface area contributed by atoms with E-state index in [9.17, 15) is 9.90 Å². The van der Waals surface area contributed by atoms with Gasteiger partial charge >= 0.3 is 5.97 Å². The Kier molecular flexibility index (Phi) is 5.01. The van der Waals surface area contributed by atoms with Crippen LogP contribution in [-0.2, 0) is 9.53 Å². The molecule has 1 saturated carbocycles. The van der Waals surface area contributed by atoms with Crippen LogP contribution in [0.4, 0.5) is 0 Å². The minimum absolute atomic E-state index is 0.236. The van der Waals surface area contributed by atoms with E-state index in [-0.39, 0.29) is 6.04 Å². The predicted octanol–water partition coefficient (Wildman–Crippen LogP) is 2.13. The third kappa shape index (κ3) is 3.04. The fourth-order valence-electron chi connectivity index (χ4n) is 3.66. The molecule has 0 aromatic heterocycles. The smallest absolute Gasteiger partial charge is 0.320 e. The first-order chi connectivity index (χ1) is 8.74. The Morgan fingerprint density at radius 1 is 1.33 bits per heavy atom. The highest BCUT2D eigenvalue weighted by atomic mass is 16.5. The molecule has 4 nitrogen and oxygen atoms in total. The number of unbranched alkanes of at least 4 members (excludes halogenated alkanes) is 1. The molecule has 2 rings (SSSR count). The first-order valence-electron chi connectivity index (χ1n) is 7.21. The normalized spacial score (nSPS) is 32.4. The van der Waals surface area contributed by atoms with Crippen LogP contribution in [0.15, 0.2) is 0 Å². The number of hydrogen-bond acceptors (Lipinski definition) is 3. The average molecular weight is 255 g/mol. The van der Waals surface area contributed by atoms with E-state index >= 15 is 0 Å². The Labute approximate surface area is 109 Å². The van der Waals surface area contributed by atoms with Crippen LogP contribution in [0.2, 0.25) is 0 Å². The molecule has 4 heteroatoms. The van der Waals surface area contributed by atoms with E-state index in [1.54, 1.807) is 7.11 Å². The molecule has 0 amide bonds. The molecule has 18 heavy (non-hydrogen) atoms. The molecule has 0 radical (unpaired) electrons. The maximum atomic E-state index is 11.4. The standard InChI is InChI=1S/C14H25NO3/c1-18-9-5-4-8-15-12-7-3-2-6-11(12)10-13(15)14(16)17/h11-13H,2-10H2,1H3,(H,16,17). The SMILES string of the molecule is COCCCCN1C(C(=O)O)CC2CCCCC21. The van der Waals surface area contributed by atoms with Gasteiger partial charge in [-0.3, -0.25) is 9.69 Å². The fraction of sp³-hybridized carbons (Fsp3) is 0.929. The summed E-state index contributed by atoms with van der Waals surface area (Å²) in [5.74, 6) is -0.00147. The fourth-order valence-corrected chi connectivity index (χ4v) is 3.66. The highest BCUT2D eigenvalue weighted by molar-refractivity contribution is 5.74. The Morgan fingerprint density at radius 2 is 2.11 bits per heavy atom. The molecule has 0 bridgehead atoms. The Morgan fingerprint density at radius 3 is 2.83 bits per heavy atom. The van der Waals surface area contributed by atoms with Crippen LogP contribution in [0.3, 0.4) is 0 Å². The minimum Gasteiger partial charge on any atom is -0.480 e. The summed E-state index contributed by atoms with van der Waals surface area (Å²) in [5, 5.41) is 9.37. The number of aliphatic carboxylic acids is 1. The number of methoxy groups -OCH3 is 1. The quantitative estimate of drug-likeness (QED) is 0.739. The number of hydrogen-bond donors (Lipinski definition) is 1. The van der Waals surface area contributed by atoms with E-state index in [0.29, 0.717) is 12.0 Å². The lowest BCUT2D eigenvalue weighted by atomic mass is 9.85. The van der Waals surface area contributed by atoms with Crippen molar-refractivity contribution < 1.29 is 14.6 Å². The van der Waals surface area contributed by atoms with Gasteiger partial charge in [-0.1, -0.05) is 12.8 Å². The molecule has 1 aliphatic carbocycles. The molecule has 1 saturated heterocycles. The molecule has 2 aliphatic rings. The third-order valence-corrected chi connectivity index (χ3v) is 4.52. The van der Waals surface area contributed by atoms with E-state index < -0.39 is 5.97 Å². The summed E-state index contributed by atoms with van der Waals surface area (Å²) < 4.78 is 5.05. The van der Waals surface area contributed by atoms with Gasteiger partial charge in [0.2, 0.25) is 0 Å². The first kappa shape index (κ1) is 13.8.